The zero-order chi connectivity index (χ0) is 22.8. The minimum Gasteiger partial charge on any atom is -0.509 e. The lowest BCUT2D eigenvalue weighted by molar-refractivity contribution is 0.0335. The second-order valence-corrected chi connectivity index (χ2v) is 7.62. The molecule has 0 atom stereocenters. The third kappa shape index (κ3) is 3.97. The number of rotatable bonds is 7. The number of aliphatic hydroxyl groups is 1. The number of nitrogens with one attached hydrogen (secondary N) is 1. The molecule has 3 aromatic rings. The van der Waals surface area contributed by atoms with Crippen LogP contribution < -0.4 is 4.90 Å². The highest BCUT2D eigenvalue weighted by molar-refractivity contribution is 6.30. The summed E-state index contributed by atoms with van der Waals surface area (Å²) >= 11 is 0. The van der Waals surface area contributed by atoms with E-state index < -0.39 is 5.97 Å². The van der Waals surface area contributed by atoms with E-state index in [1.165, 1.54) is 0 Å². The van der Waals surface area contributed by atoms with Gasteiger partial charge in [-0.2, -0.15) is 0 Å². The maximum absolute atomic E-state index is 12.1. The molecule has 0 saturated carbocycles. The molecule has 0 saturated heterocycles. The van der Waals surface area contributed by atoms with Crippen LogP contribution in [0.15, 0.2) is 48.2 Å². The Morgan fingerprint density at radius 3 is 2.66 bits per heavy atom. The summed E-state index contributed by atoms with van der Waals surface area (Å²) in [6, 6.07) is 12.8. The van der Waals surface area contributed by atoms with Crippen molar-refractivity contribution in [2.45, 2.75) is 13.8 Å². The third-order valence-corrected chi connectivity index (χ3v) is 5.44. The van der Waals surface area contributed by atoms with Gasteiger partial charge in [0.1, 0.15) is 24.0 Å². The average Bonchev–Trinajstić information content (AvgIpc) is 3.25. The first-order chi connectivity index (χ1) is 15.4. The molecule has 0 bridgehead atoms. The van der Waals surface area contributed by atoms with Gasteiger partial charge in [0, 0.05) is 19.3 Å². The largest absolute Gasteiger partial charge is 0.509 e. The monoisotopic (exact) mass is 434 g/mol. The molecule has 4 rings (SSSR count). The first-order valence-corrected chi connectivity index (χ1v) is 10.5. The van der Waals surface area contributed by atoms with Crippen molar-refractivity contribution < 1.29 is 19.4 Å². The number of fused-ring (bicyclic) bond motifs is 1. The fourth-order valence-electron chi connectivity index (χ4n) is 3.77. The molecule has 2 aromatic carbocycles. The highest BCUT2D eigenvalue weighted by Crippen LogP contribution is 2.32. The molecule has 1 aliphatic rings. The van der Waals surface area contributed by atoms with E-state index in [4.69, 9.17) is 14.9 Å². The Hall–Kier alpha value is -3.65. The summed E-state index contributed by atoms with van der Waals surface area (Å²) in [5.74, 6) is 0.365. The van der Waals surface area contributed by atoms with Crippen LogP contribution >= 0.6 is 0 Å². The number of imidazole rings is 1. The van der Waals surface area contributed by atoms with Crippen LogP contribution in [-0.2, 0) is 16.5 Å². The number of ether oxygens (including phenoxy) is 2. The van der Waals surface area contributed by atoms with Crippen molar-refractivity contribution in [2.24, 2.45) is 7.05 Å². The number of hydrogen-bond acceptors (Lipinski definition) is 6. The van der Waals surface area contributed by atoms with Crippen molar-refractivity contribution in [3.63, 3.8) is 0 Å². The van der Waals surface area contributed by atoms with Crippen LogP contribution in [0, 0.1) is 12.3 Å². The maximum Gasteiger partial charge on any atom is 0.338 e. The van der Waals surface area contributed by atoms with Gasteiger partial charge in [-0.25, -0.2) is 9.78 Å². The van der Waals surface area contributed by atoms with Crippen molar-refractivity contribution >= 4 is 34.1 Å². The molecule has 0 radical (unpaired) electrons. The number of nitrogens with zero attached hydrogens (tertiary/aromatic N) is 3. The number of aromatic nitrogens is 2. The molecule has 1 aromatic heterocycles. The minimum atomic E-state index is -0.426. The summed E-state index contributed by atoms with van der Waals surface area (Å²) in [5, 5.41) is 19.4. The summed E-state index contributed by atoms with van der Waals surface area (Å²) < 4.78 is 12.2. The van der Waals surface area contributed by atoms with E-state index in [1.807, 2.05) is 43.7 Å². The Kier molecular flexibility index (Phi) is 5.96. The molecule has 1 aliphatic heterocycles. The summed E-state index contributed by atoms with van der Waals surface area (Å²) in [5.41, 5.74) is 4.36. The van der Waals surface area contributed by atoms with Gasteiger partial charge in [-0.3, -0.25) is 5.41 Å². The molecule has 0 spiro atoms. The van der Waals surface area contributed by atoms with Crippen LogP contribution in [0.4, 0.5) is 5.69 Å². The number of esters is 1. The molecule has 32 heavy (non-hydrogen) atoms. The number of anilines is 1. The Bertz CT molecular complexity index is 1210. The van der Waals surface area contributed by atoms with Crippen molar-refractivity contribution in [3.8, 4) is 0 Å². The van der Waals surface area contributed by atoms with Gasteiger partial charge in [0.05, 0.1) is 35.3 Å². The highest BCUT2D eigenvalue weighted by Gasteiger charge is 2.32. The lowest BCUT2D eigenvalue weighted by Crippen LogP contribution is -2.26. The van der Waals surface area contributed by atoms with Crippen molar-refractivity contribution in [1.29, 1.82) is 5.41 Å². The first-order valence-electron chi connectivity index (χ1n) is 10.5. The number of carbonyl (C=O) groups excluding carboxylic acids is 1. The zero-order valence-corrected chi connectivity index (χ0v) is 18.4. The lowest BCUT2D eigenvalue weighted by Gasteiger charge is -2.19. The van der Waals surface area contributed by atoms with Crippen molar-refractivity contribution in [2.75, 3.05) is 31.3 Å². The zero-order valence-electron chi connectivity index (χ0n) is 18.4. The van der Waals surface area contributed by atoms with E-state index in [9.17, 15) is 9.90 Å². The average molecular weight is 434 g/mol. The number of aliphatic hydroxyl groups excluding tert-OH is 1. The van der Waals surface area contributed by atoms with Gasteiger partial charge >= 0.3 is 5.97 Å². The van der Waals surface area contributed by atoms with Crippen LogP contribution in [0.1, 0.15) is 28.7 Å². The van der Waals surface area contributed by atoms with Crippen molar-refractivity contribution in [1.82, 2.24) is 9.55 Å². The van der Waals surface area contributed by atoms with E-state index in [2.05, 4.69) is 4.98 Å². The van der Waals surface area contributed by atoms with Gasteiger partial charge in [-0.15, -0.1) is 0 Å². The van der Waals surface area contributed by atoms with E-state index >= 15 is 0 Å². The van der Waals surface area contributed by atoms with Gasteiger partial charge in [-0.05, 0) is 55.8 Å². The van der Waals surface area contributed by atoms with Gasteiger partial charge < -0.3 is 24.0 Å². The number of benzene rings is 2. The summed E-state index contributed by atoms with van der Waals surface area (Å²) in [7, 11) is 1.88. The molecule has 2 heterocycles. The smallest absolute Gasteiger partial charge is 0.338 e. The SMILES string of the molecule is CCOCCOC(=O)c1ccc(N2CC(O)=C(c3nc4cc(C)ccc4n3C)C2=N)cc1. The van der Waals surface area contributed by atoms with E-state index in [1.54, 1.807) is 29.2 Å². The topological polar surface area (TPSA) is 101 Å². The molecule has 0 unspecified atom stereocenters. The highest BCUT2D eigenvalue weighted by atomic mass is 16.6. The number of aryl methyl sites for hydroxylation is 2. The Balaban J connectivity index is 1.53. The van der Waals surface area contributed by atoms with Crippen LogP contribution in [0.3, 0.4) is 0 Å². The number of amidine groups is 1. The number of carbonyl (C=O) groups is 1. The molecular formula is C24H26N4O4. The summed E-state index contributed by atoms with van der Waals surface area (Å²) in [6.45, 7) is 5.18. The molecule has 166 valence electrons. The molecule has 8 heteroatoms. The predicted octanol–water partition coefficient (Wildman–Crippen LogP) is 3.84. The van der Waals surface area contributed by atoms with Gasteiger partial charge in [-0.1, -0.05) is 6.07 Å². The standard InChI is InChI=1S/C24H26N4O4/c1-4-31-11-12-32-24(30)16-6-8-17(9-7-16)28-14-20(29)21(22(28)25)23-26-18-13-15(2)5-10-19(18)27(23)3/h5-10,13,25,29H,4,11-12,14H2,1-3H3. The number of hydrogen-bond donors (Lipinski definition) is 2. The van der Waals surface area contributed by atoms with Crippen LogP contribution in [-0.4, -0.2) is 52.8 Å². The van der Waals surface area contributed by atoms with Gasteiger partial charge in [0.2, 0.25) is 0 Å². The second kappa shape index (κ2) is 8.84. The fourth-order valence-corrected chi connectivity index (χ4v) is 3.77. The molecule has 8 nitrogen and oxygen atoms in total. The van der Waals surface area contributed by atoms with Gasteiger partial charge in [0.15, 0.2) is 0 Å². The summed E-state index contributed by atoms with van der Waals surface area (Å²) in [6.07, 6.45) is 0. The normalized spacial score (nSPS) is 14.0. The van der Waals surface area contributed by atoms with Crippen LogP contribution in [0.2, 0.25) is 0 Å². The first kappa shape index (κ1) is 21.6. The predicted molar refractivity (Wildman–Crippen MR) is 123 cm³/mol. The quantitative estimate of drug-likeness (QED) is 0.433. The fraction of sp³-hybridized carbons (Fsp3) is 0.292. The second-order valence-electron chi connectivity index (χ2n) is 7.62. The third-order valence-electron chi connectivity index (χ3n) is 5.44. The van der Waals surface area contributed by atoms with Gasteiger partial charge in [0.25, 0.3) is 0 Å². The van der Waals surface area contributed by atoms with Crippen LogP contribution in [0.5, 0.6) is 0 Å². The maximum atomic E-state index is 12.1. The van der Waals surface area contributed by atoms with E-state index in [-0.39, 0.29) is 24.7 Å². The lowest BCUT2D eigenvalue weighted by atomic mass is 10.2. The Morgan fingerprint density at radius 2 is 1.94 bits per heavy atom. The molecule has 2 N–H and O–H groups in total. The molecule has 0 fully saturated rings. The molecule has 0 aliphatic carbocycles. The molecule has 0 amide bonds. The Morgan fingerprint density at radius 1 is 1.19 bits per heavy atom. The van der Waals surface area contributed by atoms with E-state index in [0.717, 1.165) is 16.6 Å². The molecular weight excluding hydrogens is 408 g/mol. The van der Waals surface area contributed by atoms with Crippen molar-refractivity contribution in [3.05, 3.63) is 65.2 Å². The van der Waals surface area contributed by atoms with Crippen LogP contribution in [0.25, 0.3) is 16.6 Å². The Labute approximate surface area is 186 Å². The summed E-state index contributed by atoms with van der Waals surface area (Å²) in [4.78, 5) is 18.5. The van der Waals surface area contributed by atoms with E-state index in [0.29, 0.717) is 35.9 Å². The minimum absolute atomic E-state index is 0.0875.